The lowest BCUT2D eigenvalue weighted by molar-refractivity contribution is -0.123. The summed E-state index contributed by atoms with van der Waals surface area (Å²) < 4.78 is 20.1. The van der Waals surface area contributed by atoms with Crippen LogP contribution in [0, 0.1) is 5.82 Å². The largest absolute Gasteiger partial charge is 0.489 e. The van der Waals surface area contributed by atoms with Gasteiger partial charge in [0.2, 0.25) is 5.91 Å². The van der Waals surface area contributed by atoms with Gasteiger partial charge < -0.3 is 15.4 Å². The van der Waals surface area contributed by atoms with Gasteiger partial charge in [0, 0.05) is 18.8 Å². The smallest absolute Gasteiger partial charge is 0.241 e. The molecule has 1 heterocycles. The van der Waals surface area contributed by atoms with Gasteiger partial charge in [-0.15, -0.1) is 0 Å². The zero-order valence-electron chi connectivity index (χ0n) is 13.4. The number of carbonyl (C=O) groups is 1. The maximum Gasteiger partial charge on any atom is 0.241 e. The molecule has 1 aromatic carbocycles. The highest BCUT2D eigenvalue weighted by molar-refractivity contribution is 5.83. The van der Waals surface area contributed by atoms with Crippen LogP contribution >= 0.6 is 0 Å². The van der Waals surface area contributed by atoms with Crippen molar-refractivity contribution in [2.24, 2.45) is 7.05 Å². The van der Waals surface area contributed by atoms with E-state index in [4.69, 9.17) is 4.74 Å². The van der Waals surface area contributed by atoms with Crippen LogP contribution in [0.15, 0.2) is 36.7 Å². The monoisotopic (exact) mass is 320 g/mol. The molecule has 2 unspecified atom stereocenters. The van der Waals surface area contributed by atoms with E-state index in [2.05, 4.69) is 15.7 Å². The fourth-order valence-electron chi connectivity index (χ4n) is 2.17. The molecule has 0 spiro atoms. The fourth-order valence-corrected chi connectivity index (χ4v) is 2.17. The number of hydrogen-bond acceptors (Lipinski definition) is 4. The van der Waals surface area contributed by atoms with E-state index in [1.54, 1.807) is 43.3 Å². The minimum atomic E-state index is -0.471. The molecule has 0 radical (unpaired) electrons. The lowest BCUT2D eigenvalue weighted by Gasteiger charge is -2.18. The number of amides is 1. The molecule has 2 atom stereocenters. The molecule has 0 saturated carbocycles. The first-order valence-corrected chi connectivity index (χ1v) is 7.35. The summed E-state index contributed by atoms with van der Waals surface area (Å²) in [4.78, 5) is 12.3. The number of nitrogens with one attached hydrogen (secondary N) is 2. The maximum atomic E-state index is 12.8. The Morgan fingerprint density at radius 3 is 2.65 bits per heavy atom. The van der Waals surface area contributed by atoms with Gasteiger partial charge in [-0.05, 0) is 38.2 Å². The van der Waals surface area contributed by atoms with Crippen LogP contribution < -0.4 is 15.4 Å². The Balaban J connectivity index is 1.86. The lowest BCUT2D eigenvalue weighted by Crippen LogP contribution is -2.40. The van der Waals surface area contributed by atoms with Crippen molar-refractivity contribution in [2.75, 3.05) is 13.6 Å². The highest BCUT2D eigenvalue weighted by Gasteiger charge is 2.20. The van der Waals surface area contributed by atoms with Crippen molar-refractivity contribution < 1.29 is 13.9 Å². The van der Waals surface area contributed by atoms with E-state index >= 15 is 0 Å². The van der Waals surface area contributed by atoms with Crippen LogP contribution in [0.2, 0.25) is 0 Å². The van der Waals surface area contributed by atoms with Gasteiger partial charge in [0.1, 0.15) is 23.7 Å². The summed E-state index contributed by atoms with van der Waals surface area (Å²) in [6.07, 6.45) is 3.20. The molecule has 2 rings (SSSR count). The van der Waals surface area contributed by atoms with E-state index in [-0.39, 0.29) is 17.8 Å². The van der Waals surface area contributed by atoms with Crippen molar-refractivity contribution in [1.82, 2.24) is 20.4 Å². The second-order valence-electron chi connectivity index (χ2n) is 5.30. The van der Waals surface area contributed by atoms with E-state index in [9.17, 15) is 9.18 Å². The van der Waals surface area contributed by atoms with Gasteiger partial charge in [-0.2, -0.15) is 5.10 Å². The first-order chi connectivity index (χ1) is 11.0. The Bertz CT molecular complexity index is 642. The summed E-state index contributed by atoms with van der Waals surface area (Å²) in [6.45, 7) is 2.18. The van der Waals surface area contributed by atoms with Gasteiger partial charge in [-0.3, -0.25) is 9.48 Å². The molecule has 124 valence electrons. The molecule has 0 aliphatic carbocycles. The normalized spacial score (nSPS) is 13.4. The first kappa shape index (κ1) is 17.0. The molecule has 0 bridgehead atoms. The molecule has 1 amide bonds. The van der Waals surface area contributed by atoms with E-state index in [0.717, 1.165) is 5.56 Å². The second-order valence-corrected chi connectivity index (χ2v) is 5.30. The number of hydrogen-bond donors (Lipinski definition) is 2. The average molecular weight is 320 g/mol. The molecule has 1 aromatic heterocycles. The molecule has 6 nitrogen and oxygen atoms in total. The molecular formula is C16H21FN4O2. The van der Waals surface area contributed by atoms with Crippen molar-refractivity contribution in [3.63, 3.8) is 0 Å². The zero-order valence-corrected chi connectivity index (χ0v) is 13.4. The second kappa shape index (κ2) is 7.73. The van der Waals surface area contributed by atoms with Gasteiger partial charge >= 0.3 is 0 Å². The number of likely N-dealkylation sites (N-methyl/N-ethyl adjacent to an activating group) is 1. The number of aromatic nitrogens is 2. The van der Waals surface area contributed by atoms with Gasteiger partial charge in [0.15, 0.2) is 0 Å². The summed E-state index contributed by atoms with van der Waals surface area (Å²) in [6, 6.07) is 5.31. The quantitative estimate of drug-likeness (QED) is 0.809. The van der Waals surface area contributed by atoms with Gasteiger partial charge in [-0.1, -0.05) is 0 Å². The molecule has 2 aromatic rings. The number of benzene rings is 1. The van der Waals surface area contributed by atoms with Crippen molar-refractivity contribution in [1.29, 1.82) is 0 Å². The Morgan fingerprint density at radius 2 is 2.09 bits per heavy atom. The highest BCUT2D eigenvalue weighted by Crippen LogP contribution is 2.13. The molecule has 23 heavy (non-hydrogen) atoms. The number of ether oxygens (including phenoxy) is 1. The summed E-state index contributed by atoms with van der Waals surface area (Å²) in [5.41, 5.74) is 0.791. The van der Waals surface area contributed by atoms with E-state index in [1.807, 2.05) is 6.92 Å². The Hall–Kier alpha value is -2.41. The minimum absolute atomic E-state index is 0.157. The molecular weight excluding hydrogens is 299 g/mol. The van der Waals surface area contributed by atoms with Crippen molar-refractivity contribution in [2.45, 2.75) is 19.1 Å². The molecule has 0 aliphatic rings. The predicted molar refractivity (Wildman–Crippen MR) is 84.5 cm³/mol. The summed E-state index contributed by atoms with van der Waals surface area (Å²) in [7, 11) is 3.52. The van der Waals surface area contributed by atoms with Crippen molar-refractivity contribution >= 4 is 5.91 Å². The van der Waals surface area contributed by atoms with Crippen molar-refractivity contribution in [3.8, 4) is 5.75 Å². The third-order valence-electron chi connectivity index (χ3n) is 3.32. The van der Waals surface area contributed by atoms with Crippen molar-refractivity contribution in [3.05, 3.63) is 48.0 Å². The Morgan fingerprint density at radius 1 is 1.39 bits per heavy atom. The van der Waals surface area contributed by atoms with Crippen LogP contribution in [0.25, 0.3) is 0 Å². The lowest BCUT2D eigenvalue weighted by atomic mass is 10.1. The SMILES string of the molecule is CNC(C(=O)NCC(C)Oc1ccc(F)cc1)c1cnn(C)c1. The molecule has 7 heteroatoms. The third kappa shape index (κ3) is 4.79. The summed E-state index contributed by atoms with van der Waals surface area (Å²) in [5.74, 6) is 0.0901. The maximum absolute atomic E-state index is 12.8. The standard InChI is InChI=1S/C16H21FN4O2/c1-11(23-14-6-4-13(17)5-7-14)8-19-16(22)15(18-2)12-9-20-21(3)10-12/h4-7,9-11,15,18H,8H2,1-3H3,(H,19,22). The Labute approximate surface area is 134 Å². The number of nitrogens with zero attached hydrogens (tertiary/aromatic N) is 2. The summed E-state index contributed by atoms with van der Waals surface area (Å²) >= 11 is 0. The van der Waals surface area contributed by atoms with Crippen LogP contribution in [-0.2, 0) is 11.8 Å². The topological polar surface area (TPSA) is 68.2 Å². The van der Waals surface area contributed by atoms with Gasteiger partial charge in [-0.25, -0.2) is 4.39 Å². The number of halogens is 1. The Kier molecular flexibility index (Phi) is 5.70. The number of aryl methyl sites for hydroxylation is 1. The zero-order chi connectivity index (χ0) is 16.8. The molecule has 2 N–H and O–H groups in total. The highest BCUT2D eigenvalue weighted by atomic mass is 19.1. The summed E-state index contributed by atoms with van der Waals surface area (Å²) in [5, 5.41) is 9.87. The van der Waals surface area contributed by atoms with Crippen LogP contribution in [0.3, 0.4) is 0 Å². The average Bonchev–Trinajstić information content (AvgIpc) is 2.94. The van der Waals surface area contributed by atoms with Crippen LogP contribution in [-0.4, -0.2) is 35.4 Å². The van der Waals surface area contributed by atoms with E-state index in [1.165, 1.54) is 12.1 Å². The number of rotatable bonds is 7. The minimum Gasteiger partial charge on any atom is -0.489 e. The molecule has 0 aliphatic heterocycles. The van der Waals surface area contributed by atoms with Gasteiger partial charge in [0.05, 0.1) is 12.7 Å². The fraction of sp³-hybridized carbons (Fsp3) is 0.375. The number of carbonyl (C=O) groups excluding carboxylic acids is 1. The van der Waals surface area contributed by atoms with E-state index in [0.29, 0.717) is 12.3 Å². The first-order valence-electron chi connectivity index (χ1n) is 7.35. The predicted octanol–water partition coefficient (Wildman–Crippen LogP) is 1.40. The van der Waals surface area contributed by atoms with Gasteiger partial charge in [0.25, 0.3) is 0 Å². The van der Waals surface area contributed by atoms with Crippen LogP contribution in [0.4, 0.5) is 4.39 Å². The molecule has 0 fully saturated rings. The van der Waals surface area contributed by atoms with Crippen LogP contribution in [0.5, 0.6) is 5.75 Å². The third-order valence-corrected chi connectivity index (χ3v) is 3.32. The van der Waals surface area contributed by atoms with E-state index < -0.39 is 6.04 Å². The molecule has 0 saturated heterocycles. The van der Waals surface area contributed by atoms with Crippen LogP contribution in [0.1, 0.15) is 18.5 Å².